The van der Waals surface area contributed by atoms with Gasteiger partial charge in [0.25, 0.3) is 0 Å². The van der Waals surface area contributed by atoms with Crippen LogP contribution in [-0.4, -0.2) is 0 Å². The highest BCUT2D eigenvalue weighted by atomic mass is 15.1. The lowest BCUT2D eigenvalue weighted by molar-refractivity contribution is 0.660. The molecule has 0 aliphatic heterocycles. The summed E-state index contributed by atoms with van der Waals surface area (Å²) in [4.78, 5) is 2.38. The molecule has 0 bridgehead atoms. The number of benzene rings is 7. The number of hydrogen-bond acceptors (Lipinski definition) is 1. The van der Waals surface area contributed by atoms with Gasteiger partial charge in [0.2, 0.25) is 0 Å². The minimum Gasteiger partial charge on any atom is -0.310 e. The molecule has 1 nitrogen and oxygen atoms in total. The van der Waals surface area contributed by atoms with E-state index in [9.17, 15) is 0 Å². The van der Waals surface area contributed by atoms with Gasteiger partial charge in [0.1, 0.15) is 0 Å². The number of fused-ring (bicyclic) bond motifs is 3. The molecular formula is C45H35N. The Morgan fingerprint density at radius 2 is 0.913 bits per heavy atom. The van der Waals surface area contributed by atoms with Gasteiger partial charge in [-0.15, -0.1) is 0 Å². The first-order valence-electron chi connectivity index (χ1n) is 16.0. The van der Waals surface area contributed by atoms with Crippen molar-refractivity contribution < 1.29 is 0 Å². The van der Waals surface area contributed by atoms with Crippen LogP contribution >= 0.6 is 0 Å². The van der Waals surface area contributed by atoms with Crippen LogP contribution in [-0.2, 0) is 5.41 Å². The largest absolute Gasteiger partial charge is 0.310 e. The molecule has 220 valence electrons. The number of rotatable bonds is 6. The quantitative estimate of drug-likeness (QED) is 0.186. The monoisotopic (exact) mass is 589 g/mol. The van der Waals surface area contributed by atoms with Crippen LogP contribution in [0.2, 0.25) is 0 Å². The van der Waals surface area contributed by atoms with Crippen LogP contribution in [0.25, 0.3) is 44.5 Å². The highest BCUT2D eigenvalue weighted by Crippen LogP contribution is 2.53. The third kappa shape index (κ3) is 4.73. The standard InChI is InChI=1S/C45H35N/c1-45(2)41-29-28-35(31-40(41)44-39(25-15-26-42(44)45)33-18-8-4-9-19-33)34-20-14-23-37(30-34)46(36-21-10-5-11-22-36)43-27-13-12-24-38(43)32-16-6-3-7-17-32/h3-31H,1-2H3. The lowest BCUT2D eigenvalue weighted by Crippen LogP contribution is -2.14. The van der Waals surface area contributed by atoms with Gasteiger partial charge in [0.05, 0.1) is 5.69 Å². The molecule has 1 aliphatic rings. The Bertz CT molecular complexity index is 2160. The molecule has 7 aromatic carbocycles. The summed E-state index contributed by atoms with van der Waals surface area (Å²) >= 11 is 0. The smallest absolute Gasteiger partial charge is 0.0540 e. The molecule has 0 spiro atoms. The minimum atomic E-state index is -0.0684. The maximum absolute atomic E-state index is 2.42. The van der Waals surface area contributed by atoms with Gasteiger partial charge >= 0.3 is 0 Å². The van der Waals surface area contributed by atoms with E-state index in [2.05, 4.69) is 195 Å². The molecular weight excluding hydrogens is 555 g/mol. The van der Waals surface area contributed by atoms with E-state index in [1.165, 1.54) is 55.6 Å². The zero-order valence-electron chi connectivity index (χ0n) is 26.2. The topological polar surface area (TPSA) is 3.24 Å². The summed E-state index contributed by atoms with van der Waals surface area (Å²) in [6.45, 7) is 4.71. The fraction of sp³-hybridized carbons (Fsp3) is 0.0667. The minimum absolute atomic E-state index is 0.0684. The van der Waals surface area contributed by atoms with Crippen molar-refractivity contribution in [2.45, 2.75) is 19.3 Å². The van der Waals surface area contributed by atoms with Crippen LogP contribution in [0.15, 0.2) is 176 Å². The van der Waals surface area contributed by atoms with Crippen molar-refractivity contribution in [2.24, 2.45) is 0 Å². The van der Waals surface area contributed by atoms with Crippen molar-refractivity contribution in [2.75, 3.05) is 4.90 Å². The highest BCUT2D eigenvalue weighted by Gasteiger charge is 2.37. The van der Waals surface area contributed by atoms with Gasteiger partial charge in [-0.25, -0.2) is 0 Å². The van der Waals surface area contributed by atoms with E-state index in [0.717, 1.165) is 17.1 Å². The summed E-state index contributed by atoms with van der Waals surface area (Å²) in [5, 5.41) is 0. The first-order valence-corrected chi connectivity index (χ1v) is 16.0. The van der Waals surface area contributed by atoms with E-state index < -0.39 is 0 Å². The SMILES string of the molecule is CC1(C)c2ccc(-c3cccc(N(c4ccccc4)c4ccccc4-c4ccccc4)c3)cc2-c2c(-c3ccccc3)cccc21. The van der Waals surface area contributed by atoms with Gasteiger partial charge in [-0.3, -0.25) is 0 Å². The molecule has 0 heterocycles. The summed E-state index contributed by atoms with van der Waals surface area (Å²) in [5.74, 6) is 0. The molecule has 0 saturated carbocycles. The van der Waals surface area contributed by atoms with Crippen molar-refractivity contribution >= 4 is 17.1 Å². The number of hydrogen-bond donors (Lipinski definition) is 0. The second-order valence-corrected chi connectivity index (χ2v) is 12.6. The van der Waals surface area contributed by atoms with Crippen molar-refractivity contribution in [1.82, 2.24) is 0 Å². The molecule has 8 rings (SSSR count). The fourth-order valence-corrected chi connectivity index (χ4v) is 7.20. The van der Waals surface area contributed by atoms with Crippen LogP contribution in [0.3, 0.4) is 0 Å². The molecule has 0 amide bonds. The molecule has 0 unspecified atom stereocenters. The van der Waals surface area contributed by atoms with Crippen LogP contribution in [0.1, 0.15) is 25.0 Å². The Kier molecular flexibility index (Phi) is 6.88. The maximum Gasteiger partial charge on any atom is 0.0540 e. The third-order valence-corrected chi connectivity index (χ3v) is 9.47. The summed E-state index contributed by atoms with van der Waals surface area (Å²) in [6.07, 6.45) is 0. The normalized spacial score (nSPS) is 12.7. The second kappa shape index (κ2) is 11.4. The van der Waals surface area contributed by atoms with Gasteiger partial charge in [-0.1, -0.05) is 153 Å². The van der Waals surface area contributed by atoms with Crippen molar-refractivity contribution in [3.05, 3.63) is 187 Å². The summed E-state index contributed by atoms with van der Waals surface area (Å²) in [7, 11) is 0. The van der Waals surface area contributed by atoms with E-state index in [0.29, 0.717) is 0 Å². The first kappa shape index (κ1) is 27.9. The van der Waals surface area contributed by atoms with Gasteiger partial charge in [0, 0.05) is 22.4 Å². The van der Waals surface area contributed by atoms with E-state index in [-0.39, 0.29) is 5.41 Å². The van der Waals surface area contributed by atoms with E-state index >= 15 is 0 Å². The molecule has 0 aromatic heterocycles. The lowest BCUT2D eigenvalue weighted by Gasteiger charge is -2.28. The maximum atomic E-state index is 2.42. The summed E-state index contributed by atoms with van der Waals surface area (Å²) in [5.41, 5.74) is 16.1. The Morgan fingerprint density at radius 3 is 1.65 bits per heavy atom. The Hall–Kier alpha value is -5.66. The molecule has 0 saturated heterocycles. The van der Waals surface area contributed by atoms with Crippen molar-refractivity contribution in [3.63, 3.8) is 0 Å². The van der Waals surface area contributed by atoms with Crippen molar-refractivity contribution in [3.8, 4) is 44.5 Å². The molecule has 1 aliphatic carbocycles. The Morgan fingerprint density at radius 1 is 0.370 bits per heavy atom. The second-order valence-electron chi connectivity index (χ2n) is 12.6. The van der Waals surface area contributed by atoms with Crippen molar-refractivity contribution in [1.29, 1.82) is 0 Å². The predicted molar refractivity (Wildman–Crippen MR) is 195 cm³/mol. The number of nitrogens with zero attached hydrogens (tertiary/aromatic N) is 1. The van der Waals surface area contributed by atoms with Crippen LogP contribution in [0.4, 0.5) is 17.1 Å². The molecule has 0 fully saturated rings. The lowest BCUT2D eigenvalue weighted by atomic mass is 9.81. The zero-order valence-corrected chi connectivity index (χ0v) is 26.2. The van der Waals surface area contributed by atoms with Gasteiger partial charge in [-0.2, -0.15) is 0 Å². The fourth-order valence-electron chi connectivity index (χ4n) is 7.20. The van der Waals surface area contributed by atoms with Gasteiger partial charge in [0.15, 0.2) is 0 Å². The van der Waals surface area contributed by atoms with Crippen LogP contribution in [0, 0.1) is 0 Å². The van der Waals surface area contributed by atoms with Gasteiger partial charge in [-0.05, 0) is 86.5 Å². The summed E-state index contributed by atoms with van der Waals surface area (Å²) in [6, 6.07) is 63.7. The van der Waals surface area contributed by atoms with Gasteiger partial charge < -0.3 is 4.90 Å². The summed E-state index contributed by atoms with van der Waals surface area (Å²) < 4.78 is 0. The molecule has 46 heavy (non-hydrogen) atoms. The van der Waals surface area contributed by atoms with E-state index in [1.54, 1.807) is 0 Å². The average molecular weight is 590 g/mol. The third-order valence-electron chi connectivity index (χ3n) is 9.47. The average Bonchev–Trinajstić information content (AvgIpc) is 3.36. The Labute approximate surface area is 272 Å². The molecule has 0 radical (unpaired) electrons. The Balaban J connectivity index is 1.28. The van der Waals surface area contributed by atoms with Crippen LogP contribution < -0.4 is 4.90 Å². The van der Waals surface area contributed by atoms with Crippen LogP contribution in [0.5, 0.6) is 0 Å². The first-order chi connectivity index (χ1) is 22.6. The predicted octanol–water partition coefficient (Wildman–Crippen LogP) is 12.5. The highest BCUT2D eigenvalue weighted by molar-refractivity contribution is 5.95. The number of anilines is 3. The zero-order chi connectivity index (χ0) is 31.1. The van der Waals surface area contributed by atoms with E-state index in [1.807, 2.05) is 0 Å². The molecule has 0 atom stereocenters. The molecule has 0 N–H and O–H groups in total. The number of para-hydroxylation sites is 2. The molecule has 7 aromatic rings. The molecule has 1 heteroatoms. The van der Waals surface area contributed by atoms with E-state index in [4.69, 9.17) is 0 Å².